The second kappa shape index (κ2) is 7.81. The van der Waals surface area contributed by atoms with Gasteiger partial charge >= 0.3 is 0 Å². The molecule has 4 heteroatoms. The number of benzene rings is 1. The average Bonchev–Trinajstić information content (AvgIpc) is 2.31. The van der Waals surface area contributed by atoms with E-state index in [1.165, 1.54) is 6.42 Å². The highest BCUT2D eigenvalue weighted by atomic mass is 35.5. The number of nitrogens with one attached hydrogen (secondary N) is 1. The summed E-state index contributed by atoms with van der Waals surface area (Å²) in [5, 5.41) is 3.44. The Morgan fingerprint density at radius 3 is 2.63 bits per heavy atom. The Labute approximate surface area is 126 Å². The van der Waals surface area contributed by atoms with Gasteiger partial charge in [-0.3, -0.25) is 4.79 Å². The fraction of sp³-hybridized carbons (Fsp3) is 0.533. The van der Waals surface area contributed by atoms with E-state index in [1.54, 1.807) is 18.2 Å². The molecule has 0 spiro atoms. The lowest BCUT2D eigenvalue weighted by Crippen LogP contribution is -2.32. The molecule has 19 heavy (non-hydrogen) atoms. The minimum atomic E-state index is -0.127. The average molecular weight is 300 g/mol. The van der Waals surface area contributed by atoms with Crippen molar-refractivity contribution < 1.29 is 4.79 Å². The number of amides is 1. The lowest BCUT2D eigenvalue weighted by atomic mass is 10.0. The van der Waals surface area contributed by atoms with E-state index < -0.39 is 0 Å². The molecule has 2 nitrogen and oxygen atoms in total. The minimum absolute atomic E-state index is 0.127. The number of hydrogen-bond donors (Lipinski definition) is 2. The van der Waals surface area contributed by atoms with Crippen LogP contribution in [0.3, 0.4) is 0 Å². The topological polar surface area (TPSA) is 29.1 Å². The molecule has 1 unspecified atom stereocenters. The van der Waals surface area contributed by atoms with Gasteiger partial charge in [-0.2, -0.15) is 0 Å². The van der Waals surface area contributed by atoms with Crippen LogP contribution in [0, 0.1) is 5.92 Å². The van der Waals surface area contributed by atoms with E-state index in [9.17, 15) is 4.79 Å². The van der Waals surface area contributed by atoms with Gasteiger partial charge in [-0.1, -0.05) is 38.3 Å². The minimum Gasteiger partial charge on any atom is -0.350 e. The van der Waals surface area contributed by atoms with Crippen molar-refractivity contribution in [2.75, 3.05) is 0 Å². The van der Waals surface area contributed by atoms with Crippen LogP contribution >= 0.6 is 24.2 Å². The highest BCUT2D eigenvalue weighted by Crippen LogP contribution is 2.20. The molecule has 0 aromatic heterocycles. The normalized spacial score (nSPS) is 12.5. The van der Waals surface area contributed by atoms with E-state index in [0.717, 1.165) is 17.7 Å². The zero-order chi connectivity index (χ0) is 14.4. The largest absolute Gasteiger partial charge is 0.350 e. The van der Waals surface area contributed by atoms with Crippen LogP contribution in [-0.4, -0.2) is 11.9 Å². The lowest BCUT2D eigenvalue weighted by molar-refractivity contribution is 0.0937. The maximum atomic E-state index is 12.1. The van der Waals surface area contributed by atoms with E-state index in [1.807, 2.05) is 6.92 Å². The fourth-order valence-electron chi connectivity index (χ4n) is 1.89. The Morgan fingerprint density at radius 1 is 1.32 bits per heavy atom. The number of thiol groups is 1. The number of rotatable bonds is 6. The molecule has 0 bridgehead atoms. The van der Waals surface area contributed by atoms with Crippen molar-refractivity contribution in [3.8, 4) is 0 Å². The quantitative estimate of drug-likeness (QED) is 0.740. The Morgan fingerprint density at radius 2 is 2.00 bits per heavy atom. The number of carbonyl (C=O) groups is 1. The molecule has 0 fully saturated rings. The molecule has 106 valence electrons. The SMILES string of the molecule is CC(C)CCCC(C)NC(=O)c1cc(S)ccc1Cl. The summed E-state index contributed by atoms with van der Waals surface area (Å²) in [6.07, 6.45) is 3.30. The Hall–Kier alpha value is -0.670. The third-order valence-corrected chi connectivity index (χ3v) is 3.60. The van der Waals surface area contributed by atoms with Gasteiger partial charge in [0.1, 0.15) is 0 Å². The molecule has 1 aromatic carbocycles. The molecule has 0 radical (unpaired) electrons. The van der Waals surface area contributed by atoms with Crippen molar-refractivity contribution >= 4 is 30.1 Å². The van der Waals surface area contributed by atoms with Gasteiger partial charge < -0.3 is 5.32 Å². The maximum absolute atomic E-state index is 12.1. The molecule has 0 heterocycles. The van der Waals surface area contributed by atoms with Gasteiger partial charge in [0.15, 0.2) is 0 Å². The van der Waals surface area contributed by atoms with E-state index in [-0.39, 0.29) is 11.9 Å². The second-order valence-corrected chi connectivity index (χ2v) is 6.29. The summed E-state index contributed by atoms with van der Waals surface area (Å²) in [6.45, 7) is 6.44. The van der Waals surface area contributed by atoms with Crippen LogP contribution < -0.4 is 5.32 Å². The van der Waals surface area contributed by atoms with Crippen molar-refractivity contribution in [2.45, 2.75) is 51.0 Å². The summed E-state index contributed by atoms with van der Waals surface area (Å²) in [6, 6.07) is 5.32. The summed E-state index contributed by atoms with van der Waals surface area (Å²) in [5.41, 5.74) is 0.491. The first-order valence-corrected chi connectivity index (χ1v) is 7.52. The van der Waals surface area contributed by atoms with E-state index in [0.29, 0.717) is 16.5 Å². The van der Waals surface area contributed by atoms with Gasteiger partial charge in [0, 0.05) is 10.9 Å². The molecular weight excluding hydrogens is 278 g/mol. The Balaban J connectivity index is 2.52. The van der Waals surface area contributed by atoms with Crippen LogP contribution in [0.4, 0.5) is 0 Å². The molecule has 1 atom stereocenters. The second-order valence-electron chi connectivity index (χ2n) is 5.36. The molecule has 0 saturated heterocycles. The first kappa shape index (κ1) is 16.4. The monoisotopic (exact) mass is 299 g/mol. The van der Waals surface area contributed by atoms with Crippen LogP contribution in [0.2, 0.25) is 5.02 Å². The summed E-state index contributed by atoms with van der Waals surface area (Å²) in [4.78, 5) is 12.8. The zero-order valence-corrected chi connectivity index (χ0v) is 13.4. The van der Waals surface area contributed by atoms with Crippen molar-refractivity contribution in [1.82, 2.24) is 5.32 Å². The summed E-state index contributed by atoms with van der Waals surface area (Å²) < 4.78 is 0. The number of hydrogen-bond acceptors (Lipinski definition) is 2. The highest BCUT2D eigenvalue weighted by Gasteiger charge is 2.13. The van der Waals surface area contributed by atoms with Gasteiger partial charge in [0.05, 0.1) is 10.6 Å². The van der Waals surface area contributed by atoms with Crippen LogP contribution in [0.5, 0.6) is 0 Å². The van der Waals surface area contributed by atoms with Gasteiger partial charge in [-0.25, -0.2) is 0 Å². The van der Waals surface area contributed by atoms with Gasteiger partial charge in [0.25, 0.3) is 5.91 Å². The summed E-state index contributed by atoms with van der Waals surface area (Å²) in [5.74, 6) is 0.580. The van der Waals surface area contributed by atoms with Crippen LogP contribution in [0.1, 0.15) is 50.4 Å². The van der Waals surface area contributed by atoms with Crippen molar-refractivity contribution in [3.05, 3.63) is 28.8 Å². The molecule has 1 N–H and O–H groups in total. The fourth-order valence-corrected chi connectivity index (χ4v) is 2.30. The number of carbonyl (C=O) groups excluding carboxylic acids is 1. The smallest absolute Gasteiger partial charge is 0.253 e. The van der Waals surface area contributed by atoms with Crippen LogP contribution in [0.15, 0.2) is 23.1 Å². The van der Waals surface area contributed by atoms with Gasteiger partial charge in [-0.05, 0) is 37.5 Å². The van der Waals surface area contributed by atoms with Crippen molar-refractivity contribution in [3.63, 3.8) is 0 Å². The molecule has 1 aromatic rings. The molecule has 1 amide bonds. The van der Waals surface area contributed by atoms with Crippen LogP contribution in [-0.2, 0) is 0 Å². The molecule has 0 aliphatic carbocycles. The predicted octanol–water partition coefficient (Wildman–Crippen LogP) is 4.57. The first-order chi connectivity index (χ1) is 8.90. The first-order valence-electron chi connectivity index (χ1n) is 6.69. The van der Waals surface area contributed by atoms with Crippen LogP contribution in [0.25, 0.3) is 0 Å². The van der Waals surface area contributed by atoms with Gasteiger partial charge in [0.2, 0.25) is 0 Å². The lowest BCUT2D eigenvalue weighted by Gasteiger charge is -2.15. The number of halogens is 1. The third kappa shape index (κ3) is 5.87. The molecule has 0 aliphatic rings. The molecule has 0 saturated carbocycles. The Kier molecular flexibility index (Phi) is 6.73. The zero-order valence-electron chi connectivity index (χ0n) is 11.7. The Bertz CT molecular complexity index is 434. The predicted molar refractivity (Wildman–Crippen MR) is 84.3 cm³/mol. The maximum Gasteiger partial charge on any atom is 0.253 e. The van der Waals surface area contributed by atoms with Crippen molar-refractivity contribution in [2.24, 2.45) is 5.92 Å². The summed E-state index contributed by atoms with van der Waals surface area (Å²) in [7, 11) is 0. The van der Waals surface area contributed by atoms with Gasteiger partial charge in [-0.15, -0.1) is 12.6 Å². The molecular formula is C15H22ClNOS. The molecule has 0 aliphatic heterocycles. The summed E-state index contributed by atoms with van der Waals surface area (Å²) >= 11 is 10.3. The third-order valence-electron chi connectivity index (χ3n) is 2.99. The van der Waals surface area contributed by atoms with E-state index >= 15 is 0 Å². The van der Waals surface area contributed by atoms with E-state index in [4.69, 9.17) is 11.6 Å². The highest BCUT2D eigenvalue weighted by molar-refractivity contribution is 7.80. The molecule has 1 rings (SSSR count). The standard InChI is InChI=1S/C15H22ClNOS/c1-10(2)5-4-6-11(3)17-15(18)13-9-12(19)7-8-14(13)16/h7-11,19H,4-6H2,1-3H3,(H,17,18). The van der Waals surface area contributed by atoms with E-state index in [2.05, 4.69) is 31.8 Å². The van der Waals surface area contributed by atoms with Crippen molar-refractivity contribution in [1.29, 1.82) is 0 Å².